The van der Waals surface area contributed by atoms with Crippen molar-refractivity contribution in [3.63, 3.8) is 0 Å². The molecule has 3 heterocycles. The number of halogens is 1. The molecule has 2 aromatic rings. The summed E-state index contributed by atoms with van der Waals surface area (Å²) in [6, 6.07) is 6.48. The molecule has 2 saturated heterocycles. The van der Waals surface area contributed by atoms with E-state index in [0.29, 0.717) is 5.41 Å². The summed E-state index contributed by atoms with van der Waals surface area (Å²) in [5.41, 5.74) is 3.13. The summed E-state index contributed by atoms with van der Waals surface area (Å²) in [5, 5.41) is 12.0. The Labute approximate surface area is 125 Å². The van der Waals surface area contributed by atoms with E-state index in [1.165, 1.54) is 55.5 Å². The molecule has 4 rings (SSSR count). The average molecular weight is 293 g/mol. The summed E-state index contributed by atoms with van der Waals surface area (Å²) in [5.74, 6) is 0. The molecule has 0 radical (unpaired) electrons. The molecule has 2 N–H and O–H groups in total. The average Bonchev–Trinajstić information content (AvgIpc) is 3.13. The van der Waals surface area contributed by atoms with Crippen LogP contribution >= 0.6 is 12.4 Å². The lowest BCUT2D eigenvalue weighted by atomic mass is 9.86. The van der Waals surface area contributed by atoms with E-state index in [1.807, 2.05) is 6.20 Å². The minimum atomic E-state index is 0. The molecular weight excluding hydrogens is 272 g/mol. The first-order valence-electron chi connectivity index (χ1n) is 7.19. The van der Waals surface area contributed by atoms with E-state index in [0.717, 1.165) is 6.54 Å². The van der Waals surface area contributed by atoms with Crippen molar-refractivity contribution in [3.05, 3.63) is 30.0 Å². The van der Waals surface area contributed by atoms with E-state index >= 15 is 0 Å². The maximum atomic E-state index is 4.15. The summed E-state index contributed by atoms with van der Waals surface area (Å²) >= 11 is 0. The maximum absolute atomic E-state index is 4.15. The molecule has 4 nitrogen and oxygen atoms in total. The van der Waals surface area contributed by atoms with Crippen LogP contribution in [-0.4, -0.2) is 41.3 Å². The number of hydrogen-bond donors (Lipinski definition) is 2. The monoisotopic (exact) mass is 292 g/mol. The second-order valence-electron chi connectivity index (χ2n) is 6.14. The highest BCUT2D eigenvalue weighted by Crippen LogP contribution is 2.36. The predicted octanol–water partition coefficient (Wildman–Crippen LogP) is 2.17. The first kappa shape index (κ1) is 13.9. The lowest BCUT2D eigenvalue weighted by molar-refractivity contribution is 0.269. The first-order chi connectivity index (χ1) is 9.35. The first-order valence-corrected chi connectivity index (χ1v) is 7.19. The van der Waals surface area contributed by atoms with Crippen molar-refractivity contribution >= 4 is 23.3 Å². The number of likely N-dealkylation sites (tertiary alicyclic amines) is 1. The van der Waals surface area contributed by atoms with Gasteiger partial charge in [-0.15, -0.1) is 12.4 Å². The largest absolute Gasteiger partial charge is 0.316 e. The normalized spacial score (nSPS) is 26.4. The van der Waals surface area contributed by atoms with Gasteiger partial charge in [0.1, 0.15) is 0 Å². The van der Waals surface area contributed by atoms with Crippen LogP contribution in [0.5, 0.6) is 0 Å². The van der Waals surface area contributed by atoms with Gasteiger partial charge in [-0.1, -0.05) is 18.2 Å². The molecule has 1 aromatic carbocycles. The number of rotatable bonds is 2. The number of benzene rings is 1. The van der Waals surface area contributed by atoms with Crippen LogP contribution < -0.4 is 5.32 Å². The number of hydrogen-bond acceptors (Lipinski definition) is 3. The number of nitrogens with one attached hydrogen (secondary N) is 2. The molecule has 1 spiro atoms. The van der Waals surface area contributed by atoms with E-state index in [1.54, 1.807) is 0 Å². The Morgan fingerprint density at radius 1 is 1.30 bits per heavy atom. The molecule has 1 aromatic heterocycles. The van der Waals surface area contributed by atoms with Gasteiger partial charge in [0.2, 0.25) is 0 Å². The third-order valence-electron chi connectivity index (χ3n) is 4.81. The summed E-state index contributed by atoms with van der Waals surface area (Å²) in [6.07, 6.45) is 4.60. The third-order valence-corrected chi connectivity index (χ3v) is 4.81. The van der Waals surface area contributed by atoms with Crippen LogP contribution in [0.2, 0.25) is 0 Å². The predicted molar refractivity (Wildman–Crippen MR) is 83.2 cm³/mol. The molecule has 0 aliphatic carbocycles. The Kier molecular flexibility index (Phi) is 3.71. The van der Waals surface area contributed by atoms with Gasteiger partial charge in [0.15, 0.2) is 0 Å². The Morgan fingerprint density at radius 2 is 2.25 bits per heavy atom. The number of nitrogens with zero attached hydrogens (tertiary/aromatic N) is 2. The van der Waals surface area contributed by atoms with E-state index in [2.05, 4.69) is 38.6 Å². The Hall–Kier alpha value is -1.10. The molecular formula is C15H21ClN4. The minimum absolute atomic E-state index is 0. The fourth-order valence-electron chi connectivity index (χ4n) is 3.71. The van der Waals surface area contributed by atoms with E-state index < -0.39 is 0 Å². The Bertz CT molecular complexity index is 588. The van der Waals surface area contributed by atoms with E-state index in [4.69, 9.17) is 0 Å². The number of para-hydroxylation sites is 1. The van der Waals surface area contributed by atoms with E-state index in [9.17, 15) is 0 Å². The van der Waals surface area contributed by atoms with Gasteiger partial charge in [0, 0.05) is 25.0 Å². The molecule has 1 atom stereocenters. The highest BCUT2D eigenvalue weighted by atomic mass is 35.5. The fourth-order valence-corrected chi connectivity index (χ4v) is 3.71. The van der Waals surface area contributed by atoms with Gasteiger partial charge in [-0.25, -0.2) is 0 Å². The van der Waals surface area contributed by atoms with Crippen molar-refractivity contribution in [1.82, 2.24) is 20.4 Å². The summed E-state index contributed by atoms with van der Waals surface area (Å²) in [4.78, 5) is 2.60. The standard InChI is InChI=1S/C15H20N4.ClH/c1-2-12-8-17-18-14(12)13(3-1)9-19-7-5-15(11-19)4-6-16-10-15;/h1-3,8,16H,4-7,9-11H2,(H,17,18);1H. The van der Waals surface area contributed by atoms with Gasteiger partial charge >= 0.3 is 0 Å². The molecule has 108 valence electrons. The summed E-state index contributed by atoms with van der Waals surface area (Å²) < 4.78 is 0. The number of H-pyrrole nitrogens is 1. The highest BCUT2D eigenvalue weighted by Gasteiger charge is 2.40. The fraction of sp³-hybridized carbons (Fsp3) is 0.533. The maximum Gasteiger partial charge on any atom is 0.0695 e. The highest BCUT2D eigenvalue weighted by molar-refractivity contribution is 5.85. The molecule has 1 unspecified atom stereocenters. The van der Waals surface area contributed by atoms with Crippen LogP contribution in [0.3, 0.4) is 0 Å². The van der Waals surface area contributed by atoms with Crippen LogP contribution in [0.25, 0.3) is 10.9 Å². The van der Waals surface area contributed by atoms with Crippen molar-refractivity contribution in [3.8, 4) is 0 Å². The van der Waals surface area contributed by atoms with Crippen LogP contribution in [-0.2, 0) is 6.54 Å². The topological polar surface area (TPSA) is 44.0 Å². The van der Waals surface area contributed by atoms with Gasteiger partial charge in [0.05, 0.1) is 11.7 Å². The summed E-state index contributed by atoms with van der Waals surface area (Å²) in [7, 11) is 0. The number of aromatic nitrogens is 2. The zero-order valence-electron chi connectivity index (χ0n) is 11.6. The lowest BCUT2D eigenvalue weighted by Crippen LogP contribution is -2.29. The van der Waals surface area contributed by atoms with Crippen LogP contribution in [0.4, 0.5) is 0 Å². The molecule has 2 fully saturated rings. The van der Waals surface area contributed by atoms with Gasteiger partial charge in [-0.3, -0.25) is 10.00 Å². The second kappa shape index (κ2) is 5.35. The van der Waals surface area contributed by atoms with Crippen molar-refractivity contribution < 1.29 is 0 Å². The van der Waals surface area contributed by atoms with Crippen molar-refractivity contribution in [2.45, 2.75) is 19.4 Å². The Morgan fingerprint density at radius 3 is 3.10 bits per heavy atom. The molecule has 0 amide bonds. The molecule has 0 saturated carbocycles. The van der Waals surface area contributed by atoms with Crippen molar-refractivity contribution in [1.29, 1.82) is 0 Å². The minimum Gasteiger partial charge on any atom is -0.316 e. The zero-order chi connectivity index (χ0) is 12.7. The second-order valence-corrected chi connectivity index (χ2v) is 6.14. The third kappa shape index (κ3) is 2.32. The molecule has 20 heavy (non-hydrogen) atoms. The number of aromatic amines is 1. The lowest BCUT2D eigenvalue weighted by Gasteiger charge is -2.23. The summed E-state index contributed by atoms with van der Waals surface area (Å²) in [6.45, 7) is 5.92. The SMILES string of the molecule is Cl.c1cc(CN2CCC3(CCNC3)C2)c2[nH]ncc2c1. The Balaban J connectivity index is 0.00000121. The smallest absolute Gasteiger partial charge is 0.0695 e. The van der Waals surface area contributed by atoms with Crippen LogP contribution in [0.15, 0.2) is 24.4 Å². The van der Waals surface area contributed by atoms with Gasteiger partial charge in [0.25, 0.3) is 0 Å². The van der Waals surface area contributed by atoms with Crippen molar-refractivity contribution in [2.75, 3.05) is 26.2 Å². The van der Waals surface area contributed by atoms with Gasteiger partial charge in [-0.05, 0) is 36.9 Å². The zero-order valence-corrected chi connectivity index (χ0v) is 12.4. The van der Waals surface area contributed by atoms with Gasteiger partial charge < -0.3 is 5.32 Å². The van der Waals surface area contributed by atoms with Crippen molar-refractivity contribution in [2.24, 2.45) is 5.41 Å². The van der Waals surface area contributed by atoms with Crippen LogP contribution in [0, 0.1) is 5.41 Å². The molecule has 0 bridgehead atoms. The number of fused-ring (bicyclic) bond motifs is 1. The van der Waals surface area contributed by atoms with Crippen LogP contribution in [0.1, 0.15) is 18.4 Å². The van der Waals surface area contributed by atoms with Gasteiger partial charge in [-0.2, -0.15) is 5.10 Å². The quantitative estimate of drug-likeness (QED) is 0.892. The molecule has 2 aliphatic heterocycles. The molecule has 5 heteroatoms. The van der Waals surface area contributed by atoms with E-state index in [-0.39, 0.29) is 12.4 Å². The molecule has 2 aliphatic rings.